The Kier molecular flexibility index (Phi) is 5.65. The van der Waals surface area contributed by atoms with Crippen LogP contribution in [0.5, 0.6) is 11.5 Å². The van der Waals surface area contributed by atoms with Gasteiger partial charge in [0.05, 0.1) is 14.2 Å². The van der Waals surface area contributed by atoms with Crippen LogP contribution < -0.4 is 14.8 Å². The molecule has 3 nitrogen and oxygen atoms in total. The van der Waals surface area contributed by atoms with Gasteiger partial charge in [-0.05, 0) is 49.4 Å². The van der Waals surface area contributed by atoms with Crippen LogP contribution in [0, 0.1) is 0 Å². The SMILES string of the molecule is COc1ccc(CC(C)N[C@H](C)c2cccs2)cc1OC. The Labute approximate surface area is 130 Å². The largest absolute Gasteiger partial charge is 0.493 e. The standard InChI is InChI=1S/C17H23NO2S/c1-12(18-13(2)17-6-5-9-21-17)10-14-7-8-15(19-3)16(11-14)20-4/h5-9,11-13,18H,10H2,1-4H3/t12?,13-/m1/s1. The van der Waals surface area contributed by atoms with E-state index in [0.717, 1.165) is 17.9 Å². The van der Waals surface area contributed by atoms with E-state index in [4.69, 9.17) is 9.47 Å². The highest BCUT2D eigenvalue weighted by Crippen LogP contribution is 2.28. The average molecular weight is 305 g/mol. The molecule has 4 heteroatoms. The van der Waals surface area contributed by atoms with Crippen molar-refractivity contribution in [1.29, 1.82) is 0 Å². The van der Waals surface area contributed by atoms with Gasteiger partial charge in [0.2, 0.25) is 0 Å². The van der Waals surface area contributed by atoms with Crippen LogP contribution in [0.15, 0.2) is 35.7 Å². The summed E-state index contributed by atoms with van der Waals surface area (Å²) in [5, 5.41) is 5.75. The van der Waals surface area contributed by atoms with E-state index in [9.17, 15) is 0 Å². The van der Waals surface area contributed by atoms with Crippen LogP contribution in [0.25, 0.3) is 0 Å². The molecule has 0 radical (unpaired) electrons. The second-order valence-electron chi connectivity index (χ2n) is 5.20. The van der Waals surface area contributed by atoms with Crippen molar-refractivity contribution in [1.82, 2.24) is 5.32 Å². The number of benzene rings is 1. The maximum absolute atomic E-state index is 5.35. The van der Waals surface area contributed by atoms with E-state index >= 15 is 0 Å². The Morgan fingerprint density at radius 1 is 1.10 bits per heavy atom. The van der Waals surface area contributed by atoms with Crippen molar-refractivity contribution >= 4 is 11.3 Å². The second-order valence-corrected chi connectivity index (χ2v) is 6.18. The van der Waals surface area contributed by atoms with Crippen LogP contribution >= 0.6 is 11.3 Å². The van der Waals surface area contributed by atoms with Crippen molar-refractivity contribution < 1.29 is 9.47 Å². The van der Waals surface area contributed by atoms with Gasteiger partial charge in [0.15, 0.2) is 11.5 Å². The molecule has 114 valence electrons. The van der Waals surface area contributed by atoms with E-state index in [2.05, 4.69) is 42.7 Å². The monoisotopic (exact) mass is 305 g/mol. The lowest BCUT2D eigenvalue weighted by Crippen LogP contribution is -2.30. The Morgan fingerprint density at radius 3 is 2.48 bits per heavy atom. The molecule has 1 aromatic heterocycles. The fraction of sp³-hybridized carbons (Fsp3) is 0.412. The maximum atomic E-state index is 5.35. The van der Waals surface area contributed by atoms with Gasteiger partial charge in [0, 0.05) is 17.0 Å². The molecule has 21 heavy (non-hydrogen) atoms. The lowest BCUT2D eigenvalue weighted by atomic mass is 10.1. The Bertz CT molecular complexity index is 554. The molecule has 2 atom stereocenters. The van der Waals surface area contributed by atoms with Crippen molar-refractivity contribution in [2.24, 2.45) is 0 Å². The van der Waals surface area contributed by atoms with Gasteiger partial charge in [0.25, 0.3) is 0 Å². The van der Waals surface area contributed by atoms with Gasteiger partial charge < -0.3 is 14.8 Å². The average Bonchev–Trinajstić information content (AvgIpc) is 3.01. The number of hydrogen-bond acceptors (Lipinski definition) is 4. The number of methoxy groups -OCH3 is 2. The molecule has 1 unspecified atom stereocenters. The van der Waals surface area contributed by atoms with Gasteiger partial charge in [-0.1, -0.05) is 12.1 Å². The van der Waals surface area contributed by atoms with E-state index in [0.29, 0.717) is 12.1 Å². The van der Waals surface area contributed by atoms with Crippen molar-refractivity contribution in [3.8, 4) is 11.5 Å². The molecule has 0 aliphatic rings. The van der Waals surface area contributed by atoms with Crippen molar-refractivity contribution in [3.63, 3.8) is 0 Å². The number of nitrogens with one attached hydrogen (secondary N) is 1. The zero-order valence-electron chi connectivity index (χ0n) is 13.1. The smallest absolute Gasteiger partial charge is 0.160 e. The minimum atomic E-state index is 0.375. The molecular weight excluding hydrogens is 282 g/mol. The first kappa shape index (κ1) is 15.9. The highest BCUT2D eigenvalue weighted by Gasteiger charge is 2.12. The summed E-state index contributed by atoms with van der Waals surface area (Å²) >= 11 is 1.79. The molecule has 0 saturated carbocycles. The van der Waals surface area contributed by atoms with E-state index in [1.807, 2.05) is 12.1 Å². The molecule has 0 aliphatic heterocycles. The van der Waals surface area contributed by atoms with Gasteiger partial charge >= 0.3 is 0 Å². The molecule has 0 fully saturated rings. The molecule has 1 aromatic carbocycles. The third kappa shape index (κ3) is 4.22. The van der Waals surface area contributed by atoms with Crippen LogP contribution in [-0.2, 0) is 6.42 Å². The van der Waals surface area contributed by atoms with Crippen LogP contribution in [0.4, 0.5) is 0 Å². The van der Waals surface area contributed by atoms with Gasteiger partial charge in [-0.15, -0.1) is 11.3 Å². The minimum absolute atomic E-state index is 0.375. The summed E-state index contributed by atoms with van der Waals surface area (Å²) < 4.78 is 10.6. The first-order valence-electron chi connectivity index (χ1n) is 7.14. The summed E-state index contributed by atoms with van der Waals surface area (Å²) in [6.07, 6.45) is 0.954. The molecule has 0 aliphatic carbocycles. The fourth-order valence-corrected chi connectivity index (χ4v) is 3.21. The number of rotatable bonds is 7. The maximum Gasteiger partial charge on any atom is 0.160 e. The number of thiophene rings is 1. The molecular formula is C17H23NO2S. The highest BCUT2D eigenvalue weighted by molar-refractivity contribution is 7.10. The van der Waals surface area contributed by atoms with Crippen LogP contribution in [0.2, 0.25) is 0 Å². The first-order chi connectivity index (χ1) is 10.1. The molecule has 0 amide bonds. The zero-order valence-corrected chi connectivity index (χ0v) is 13.9. The second kappa shape index (κ2) is 7.48. The Balaban J connectivity index is 1.97. The normalized spacial score (nSPS) is 13.7. The van der Waals surface area contributed by atoms with Gasteiger partial charge in [0.1, 0.15) is 0 Å². The highest BCUT2D eigenvalue weighted by atomic mass is 32.1. The third-order valence-corrected chi connectivity index (χ3v) is 4.55. The fourth-order valence-electron chi connectivity index (χ4n) is 2.47. The van der Waals surface area contributed by atoms with E-state index in [1.165, 1.54) is 10.4 Å². The summed E-state index contributed by atoms with van der Waals surface area (Å²) in [6.45, 7) is 4.41. The summed E-state index contributed by atoms with van der Waals surface area (Å²) in [5.41, 5.74) is 1.24. The summed E-state index contributed by atoms with van der Waals surface area (Å²) in [4.78, 5) is 1.37. The van der Waals surface area contributed by atoms with E-state index in [-0.39, 0.29) is 0 Å². The molecule has 1 N–H and O–H groups in total. The number of hydrogen-bond donors (Lipinski definition) is 1. The van der Waals surface area contributed by atoms with Crippen molar-refractivity contribution in [3.05, 3.63) is 46.2 Å². The minimum Gasteiger partial charge on any atom is -0.493 e. The predicted octanol–water partition coefficient (Wildman–Crippen LogP) is 4.05. The van der Waals surface area contributed by atoms with Crippen LogP contribution in [-0.4, -0.2) is 20.3 Å². The Hall–Kier alpha value is -1.52. The van der Waals surface area contributed by atoms with Gasteiger partial charge in [-0.3, -0.25) is 0 Å². The topological polar surface area (TPSA) is 30.5 Å². The van der Waals surface area contributed by atoms with Crippen LogP contribution in [0.1, 0.15) is 30.3 Å². The summed E-state index contributed by atoms with van der Waals surface area (Å²) in [5.74, 6) is 1.56. The van der Waals surface area contributed by atoms with Crippen LogP contribution in [0.3, 0.4) is 0 Å². The van der Waals surface area contributed by atoms with E-state index < -0.39 is 0 Å². The zero-order chi connectivity index (χ0) is 15.2. The molecule has 2 rings (SSSR count). The van der Waals surface area contributed by atoms with Crippen molar-refractivity contribution in [2.45, 2.75) is 32.4 Å². The third-order valence-electron chi connectivity index (χ3n) is 3.49. The van der Waals surface area contributed by atoms with E-state index in [1.54, 1.807) is 25.6 Å². The summed E-state index contributed by atoms with van der Waals surface area (Å²) in [6, 6.07) is 11.1. The first-order valence-corrected chi connectivity index (χ1v) is 8.02. The number of ether oxygens (including phenoxy) is 2. The molecule has 1 heterocycles. The molecule has 0 spiro atoms. The molecule has 0 bridgehead atoms. The quantitative estimate of drug-likeness (QED) is 0.837. The Morgan fingerprint density at radius 2 is 1.86 bits per heavy atom. The van der Waals surface area contributed by atoms with Gasteiger partial charge in [-0.25, -0.2) is 0 Å². The van der Waals surface area contributed by atoms with Gasteiger partial charge in [-0.2, -0.15) is 0 Å². The molecule has 0 saturated heterocycles. The molecule has 2 aromatic rings. The lowest BCUT2D eigenvalue weighted by Gasteiger charge is -2.19. The lowest BCUT2D eigenvalue weighted by molar-refractivity contribution is 0.354. The van der Waals surface area contributed by atoms with Crippen molar-refractivity contribution in [2.75, 3.05) is 14.2 Å². The predicted molar refractivity (Wildman–Crippen MR) is 88.6 cm³/mol. The summed E-state index contributed by atoms with van der Waals surface area (Å²) in [7, 11) is 3.33.